The molecule has 0 aliphatic carbocycles. The number of phenolic OH excluding ortho intramolecular Hbond substituents is 1. The Balaban J connectivity index is -0.000000861. The van der Waals surface area contributed by atoms with Gasteiger partial charge in [0.2, 0.25) is 0 Å². The summed E-state index contributed by atoms with van der Waals surface area (Å²) in [6.45, 7) is 0.995. The molecule has 4 N–H and O–H groups in total. The van der Waals surface area contributed by atoms with Crippen molar-refractivity contribution in [3.05, 3.63) is 26.6 Å². The van der Waals surface area contributed by atoms with Crippen molar-refractivity contribution < 1.29 is 77.4 Å². The predicted octanol–water partition coefficient (Wildman–Crippen LogP) is 2.82. The van der Waals surface area contributed by atoms with E-state index in [9.17, 15) is 15.0 Å². The fourth-order valence-corrected chi connectivity index (χ4v) is 3.35. The maximum Gasteiger partial charge on any atom is 2.00 e. The fraction of sp³-hybridized carbons (Fsp3) is 0.444. The summed E-state index contributed by atoms with van der Waals surface area (Å²) in [7, 11) is 6.34. The van der Waals surface area contributed by atoms with Crippen LogP contribution in [-0.2, 0) is 52.5 Å². The number of carbonyl (C=O) groups is 3. The molecule has 0 heterocycles. The molecule has 1 atom stereocenters. The van der Waals surface area contributed by atoms with E-state index in [2.05, 4.69) is 58.0 Å². The van der Waals surface area contributed by atoms with E-state index < -0.39 is 23.9 Å². The van der Waals surface area contributed by atoms with Gasteiger partial charge in [-0.2, -0.15) is 0 Å². The van der Waals surface area contributed by atoms with Crippen LogP contribution < -0.4 is 0 Å². The molecule has 13 heteroatoms. The van der Waals surface area contributed by atoms with Crippen LogP contribution in [0, 0.1) is 0 Å². The quantitative estimate of drug-likeness (QED) is 0.104. The number of unbranched alkanes of at least 4 members (excludes halogenated alkanes) is 1. The number of quaternary nitrogens is 1. The molecule has 0 aliphatic rings. The normalized spacial score (nSPS) is 11.4. The Bertz CT molecular complexity index is 739. The molecule has 0 bridgehead atoms. The smallest absolute Gasteiger partial charge is 0.507 e. The second-order valence-electron chi connectivity index (χ2n) is 7.07. The van der Waals surface area contributed by atoms with Crippen molar-refractivity contribution in [1.82, 2.24) is 0 Å². The molecule has 1 radical (unpaired) electrons. The molecule has 1 aromatic carbocycles. The van der Waals surface area contributed by atoms with E-state index in [4.69, 9.17) is 19.8 Å². The maximum atomic E-state index is 11.3. The van der Waals surface area contributed by atoms with Gasteiger partial charge in [0.15, 0.2) is 0 Å². The summed E-state index contributed by atoms with van der Waals surface area (Å²) in [5.41, 5.74) is 0.478. The van der Waals surface area contributed by atoms with E-state index >= 15 is 0 Å². The molecule has 0 aromatic heterocycles. The van der Waals surface area contributed by atoms with Crippen LogP contribution in [0.15, 0.2) is 26.1 Å². The van der Waals surface area contributed by atoms with Gasteiger partial charge in [0.25, 0.3) is 0 Å². The molecule has 0 aliphatic heterocycles. The zero-order chi connectivity index (χ0) is 22.8. The van der Waals surface area contributed by atoms with Crippen LogP contribution in [-0.4, -0.2) is 82.8 Å². The first kappa shape index (κ1) is 34.8. The number of phenols is 1. The molecule has 0 fully saturated rings. The van der Waals surface area contributed by atoms with E-state index in [1.54, 1.807) is 12.1 Å². The van der Waals surface area contributed by atoms with Crippen LogP contribution >= 0.6 is 31.9 Å². The Morgan fingerprint density at radius 2 is 1.58 bits per heavy atom. The molecule has 1 aromatic rings. The van der Waals surface area contributed by atoms with Crippen LogP contribution in [0.25, 0.3) is 0 Å². The van der Waals surface area contributed by atoms with Gasteiger partial charge < -0.3 is 24.9 Å². The second-order valence-corrected chi connectivity index (χ2v) is 8.84. The number of hydrogen-bond acceptors (Lipinski definition) is 5. The number of hydrogen-bond donors (Lipinski definition) is 4. The van der Waals surface area contributed by atoms with Crippen molar-refractivity contribution in [3.8, 4) is 5.75 Å². The van der Waals surface area contributed by atoms with Crippen LogP contribution in [0.4, 0.5) is 0 Å². The van der Waals surface area contributed by atoms with Gasteiger partial charge >= 0.3 is 56.0 Å². The SMILES string of the molecule is C[N+](C)(C)CCCCC(N=Cc1c(O)cc(Br)cc1Br)C(=O)O.O=C(O)C(=O)O.[Cu+2].[Pt+2]. The summed E-state index contributed by atoms with van der Waals surface area (Å²) in [4.78, 5) is 33.7. The van der Waals surface area contributed by atoms with Gasteiger partial charge in [-0.1, -0.05) is 15.9 Å². The number of carboxylic acids is 3. The Morgan fingerprint density at radius 3 is 1.97 bits per heavy atom. The Labute approximate surface area is 222 Å². The van der Waals surface area contributed by atoms with E-state index in [1.165, 1.54) is 6.21 Å². The van der Waals surface area contributed by atoms with Crippen LogP contribution in [0.5, 0.6) is 5.75 Å². The van der Waals surface area contributed by atoms with Crippen molar-refractivity contribution in [2.75, 3.05) is 27.7 Å². The second kappa shape index (κ2) is 16.8. The van der Waals surface area contributed by atoms with Crippen molar-refractivity contribution in [1.29, 1.82) is 0 Å². The summed E-state index contributed by atoms with van der Waals surface area (Å²) in [5.74, 6) is -4.55. The Morgan fingerprint density at radius 1 is 1.06 bits per heavy atom. The summed E-state index contributed by atoms with van der Waals surface area (Å²) >= 11 is 6.62. The topological polar surface area (TPSA) is 144 Å². The largest absolute Gasteiger partial charge is 2.00 e. The summed E-state index contributed by atoms with van der Waals surface area (Å²) in [5, 5.41) is 34.0. The molecule has 179 valence electrons. The van der Waals surface area contributed by atoms with Crippen molar-refractivity contribution in [3.63, 3.8) is 0 Å². The summed E-state index contributed by atoms with van der Waals surface area (Å²) in [6.07, 6.45) is 3.67. The van der Waals surface area contributed by atoms with Gasteiger partial charge in [-0.15, -0.1) is 0 Å². The van der Waals surface area contributed by atoms with Crippen molar-refractivity contribution in [2.24, 2.45) is 4.99 Å². The van der Waals surface area contributed by atoms with Crippen LogP contribution in [0.3, 0.4) is 0 Å². The average Bonchev–Trinajstić information content (AvgIpc) is 2.54. The molecular formula is C18H25Br2CuN2O7Pt+5. The van der Waals surface area contributed by atoms with Crippen LogP contribution in [0.1, 0.15) is 24.8 Å². The van der Waals surface area contributed by atoms with Gasteiger partial charge in [0, 0.05) is 20.7 Å². The number of aromatic hydroxyl groups is 1. The zero-order valence-corrected chi connectivity index (χ0v) is 23.3. The molecule has 0 saturated heterocycles. The average molecular weight is 800 g/mol. The molecule has 0 amide bonds. The van der Waals surface area contributed by atoms with E-state index in [0.29, 0.717) is 16.5 Å². The zero-order valence-electron chi connectivity index (χ0n) is 16.9. The molecule has 0 spiro atoms. The number of halogens is 2. The van der Waals surface area contributed by atoms with Gasteiger partial charge in [-0.25, -0.2) is 14.4 Å². The van der Waals surface area contributed by atoms with E-state index in [-0.39, 0.29) is 43.9 Å². The van der Waals surface area contributed by atoms with Gasteiger partial charge in [-0.3, -0.25) is 4.99 Å². The number of nitrogens with zero attached hydrogens (tertiary/aromatic N) is 2. The number of aliphatic imine (C=N–C) groups is 1. The molecule has 1 unspecified atom stereocenters. The predicted molar refractivity (Wildman–Crippen MR) is 115 cm³/mol. The third-order valence-electron chi connectivity index (χ3n) is 3.48. The van der Waals surface area contributed by atoms with Crippen molar-refractivity contribution >= 4 is 56.0 Å². The minimum Gasteiger partial charge on any atom is -0.507 e. The minimum atomic E-state index is -1.82. The molecule has 9 nitrogen and oxygen atoms in total. The maximum absolute atomic E-state index is 11.3. The standard InChI is InChI=1S/C16H22Br2N2O3.C2H2O4.Cu.Pt/c1-20(2,3)7-5-4-6-14(16(22)23)19-10-12-13(18)8-11(17)9-15(12)21;3-1(4)2(5)6;;/h8-10,14H,4-7H2,1-3H3,(H-,19,21,22,23);(H,3,4)(H,5,6);;/q;;2*+2/p+1. The van der Waals surface area contributed by atoms with Gasteiger partial charge in [-0.05, 0) is 47.3 Å². The monoisotopic (exact) mass is 797 g/mol. The van der Waals surface area contributed by atoms with E-state index in [0.717, 1.165) is 28.3 Å². The first-order chi connectivity index (χ1) is 13.2. The third kappa shape index (κ3) is 16.5. The number of benzene rings is 1. The van der Waals surface area contributed by atoms with E-state index in [1.807, 2.05) is 0 Å². The fourth-order valence-electron chi connectivity index (χ4n) is 2.05. The van der Waals surface area contributed by atoms with Crippen LogP contribution in [0.2, 0.25) is 0 Å². The number of aliphatic carboxylic acids is 3. The van der Waals surface area contributed by atoms with Gasteiger partial charge in [0.05, 0.1) is 27.7 Å². The first-order valence-electron chi connectivity index (χ1n) is 8.45. The van der Waals surface area contributed by atoms with Crippen molar-refractivity contribution in [2.45, 2.75) is 25.3 Å². The Kier molecular flexibility index (Phi) is 18.9. The first-order valence-corrected chi connectivity index (χ1v) is 10.0. The summed E-state index contributed by atoms with van der Waals surface area (Å²) < 4.78 is 2.25. The molecule has 0 saturated carbocycles. The Hall–Kier alpha value is -0.772. The molecule has 31 heavy (non-hydrogen) atoms. The minimum absolute atomic E-state index is 0. The summed E-state index contributed by atoms with van der Waals surface area (Å²) in [6, 6.07) is 2.53. The number of carboxylic acid groups (broad SMARTS) is 3. The molecule has 1 rings (SSSR count). The number of rotatable bonds is 8. The molecular weight excluding hydrogens is 775 g/mol. The third-order valence-corrected chi connectivity index (χ3v) is 4.59. The van der Waals surface area contributed by atoms with Gasteiger partial charge in [0.1, 0.15) is 11.8 Å².